The van der Waals surface area contributed by atoms with E-state index < -0.39 is 45.6 Å². The number of nitro groups is 1. The number of ketones is 2. The Morgan fingerprint density at radius 3 is 2.53 bits per heavy atom. The minimum Gasteiger partial charge on any atom is -0.358 e. The number of benzene rings is 1. The Morgan fingerprint density at radius 2 is 1.89 bits per heavy atom. The molecule has 2 fully saturated rings. The fourth-order valence-electron chi connectivity index (χ4n) is 4.87. The molecule has 4 rings (SSSR count). The van der Waals surface area contributed by atoms with Gasteiger partial charge in [-0.15, -0.1) is 0 Å². The average molecular weight is 546 g/mol. The molecular weight excluding hydrogens is 521 g/mol. The van der Waals surface area contributed by atoms with Gasteiger partial charge < -0.3 is 15.5 Å². The van der Waals surface area contributed by atoms with Crippen LogP contribution in [0, 0.1) is 15.9 Å². The van der Waals surface area contributed by atoms with Crippen molar-refractivity contribution in [1.82, 2.24) is 15.6 Å². The number of Topliss-reactive ketones (excluding diaryl/α,β-unsaturated/α-hetero) is 2. The maximum atomic E-state index is 13.5. The molecule has 2 heterocycles. The normalized spacial score (nSPS) is 18.9. The van der Waals surface area contributed by atoms with Gasteiger partial charge in [-0.2, -0.15) is 0 Å². The number of carbonyl (C=O) groups excluding carboxylic acids is 4. The van der Waals surface area contributed by atoms with Crippen LogP contribution in [0.15, 0.2) is 36.5 Å². The first-order valence-electron chi connectivity index (χ1n) is 12.1. The molecule has 1 aliphatic heterocycles. The Balaban J connectivity index is 1.45. The molecule has 38 heavy (non-hydrogen) atoms. The first-order valence-corrected chi connectivity index (χ1v) is 12.5. The van der Waals surface area contributed by atoms with E-state index in [2.05, 4.69) is 15.6 Å². The van der Waals surface area contributed by atoms with Gasteiger partial charge in [-0.3, -0.25) is 29.3 Å². The lowest BCUT2D eigenvalue weighted by Crippen LogP contribution is -2.64. The molecule has 200 valence electrons. The Bertz CT molecular complexity index is 1280. The minimum atomic E-state index is -1.36. The summed E-state index contributed by atoms with van der Waals surface area (Å²) in [6, 6.07) is 4.98. The van der Waals surface area contributed by atoms with E-state index in [1.54, 1.807) is 0 Å². The first kappa shape index (κ1) is 27.1. The van der Waals surface area contributed by atoms with Crippen molar-refractivity contribution in [1.29, 1.82) is 0 Å². The maximum Gasteiger partial charge on any atom is 0.295 e. The van der Waals surface area contributed by atoms with Crippen molar-refractivity contribution in [3.8, 4) is 0 Å². The van der Waals surface area contributed by atoms with Gasteiger partial charge in [0.15, 0.2) is 5.78 Å². The summed E-state index contributed by atoms with van der Waals surface area (Å²) in [5, 5.41) is 16.9. The van der Waals surface area contributed by atoms with Crippen LogP contribution in [0.2, 0.25) is 5.15 Å². The van der Waals surface area contributed by atoms with E-state index >= 15 is 0 Å². The minimum absolute atomic E-state index is 0.0238. The predicted octanol–water partition coefficient (Wildman–Crippen LogP) is 2.75. The number of carbonyl (C=O) groups is 4. The molecule has 2 aromatic rings. The lowest BCUT2D eigenvalue weighted by atomic mass is 9.80. The third-order valence-electron chi connectivity index (χ3n) is 6.89. The maximum absolute atomic E-state index is 13.5. The van der Waals surface area contributed by atoms with Gasteiger partial charge in [-0.25, -0.2) is 9.37 Å². The number of nitrogens with zero attached hydrogens (tertiary/aromatic N) is 3. The third kappa shape index (κ3) is 5.80. The van der Waals surface area contributed by atoms with E-state index in [1.165, 1.54) is 29.3 Å². The van der Waals surface area contributed by atoms with Crippen molar-refractivity contribution in [2.24, 2.45) is 0 Å². The Hall–Kier alpha value is -3.93. The van der Waals surface area contributed by atoms with Crippen LogP contribution < -0.4 is 15.5 Å². The number of anilines is 1. The molecule has 1 atom stereocenters. The lowest BCUT2D eigenvalue weighted by Gasteiger charge is -2.39. The van der Waals surface area contributed by atoms with Gasteiger partial charge in [0.05, 0.1) is 23.6 Å². The molecule has 1 aliphatic carbocycles. The molecule has 1 saturated carbocycles. The zero-order valence-electron chi connectivity index (χ0n) is 20.2. The Labute approximate surface area is 221 Å². The summed E-state index contributed by atoms with van der Waals surface area (Å²) in [5.41, 5.74) is -1.68. The number of piperidine rings is 1. The fraction of sp³-hybridized carbons (Fsp3) is 0.400. The number of hydrogen-bond donors (Lipinski definition) is 2. The second-order valence-electron chi connectivity index (χ2n) is 9.39. The van der Waals surface area contributed by atoms with Gasteiger partial charge in [-0.05, 0) is 43.5 Å². The van der Waals surface area contributed by atoms with Crippen LogP contribution in [-0.4, -0.2) is 58.0 Å². The zero-order valence-corrected chi connectivity index (χ0v) is 21.0. The molecule has 2 aliphatic rings. The standard InChI is InChI=1S/C25H25ClFN5O6/c26-21-7-4-15(13-28-21)22(34)23(35)30-25(9-2-1-3-10-25)24(36)29-17-8-11-31(14-20(17)33)18-6-5-16(27)12-19(18)32(37)38/h4-7,12-13,17H,1-3,8-11,14H2,(H,29,36)(H,30,35). The fourth-order valence-corrected chi connectivity index (χ4v) is 4.98. The summed E-state index contributed by atoms with van der Waals surface area (Å²) in [5.74, 6) is -3.54. The molecule has 2 amide bonds. The van der Waals surface area contributed by atoms with Crippen LogP contribution in [-0.2, 0) is 14.4 Å². The Kier molecular flexibility index (Phi) is 8.00. The predicted molar refractivity (Wildman–Crippen MR) is 134 cm³/mol. The summed E-state index contributed by atoms with van der Waals surface area (Å²) in [6.07, 6.45) is 4.06. The van der Waals surface area contributed by atoms with Crippen LogP contribution in [0.1, 0.15) is 48.9 Å². The van der Waals surface area contributed by atoms with E-state index in [0.717, 1.165) is 18.6 Å². The molecule has 13 heteroatoms. The molecule has 1 aromatic heterocycles. The van der Waals surface area contributed by atoms with Crippen LogP contribution in [0.4, 0.5) is 15.8 Å². The number of amides is 2. The molecular formula is C25H25ClFN5O6. The molecule has 1 saturated heterocycles. The van der Waals surface area contributed by atoms with Crippen molar-refractivity contribution in [2.75, 3.05) is 18.0 Å². The summed E-state index contributed by atoms with van der Waals surface area (Å²) in [6.45, 7) is -0.0244. The van der Waals surface area contributed by atoms with Gasteiger partial charge in [-0.1, -0.05) is 30.9 Å². The average Bonchev–Trinajstić information content (AvgIpc) is 2.90. The number of pyridine rings is 1. The number of hydrogen-bond acceptors (Lipinski definition) is 8. The highest BCUT2D eigenvalue weighted by Crippen LogP contribution is 2.32. The highest BCUT2D eigenvalue weighted by Gasteiger charge is 2.44. The second kappa shape index (κ2) is 11.2. The number of rotatable bonds is 7. The summed E-state index contributed by atoms with van der Waals surface area (Å²) >= 11 is 5.74. The second-order valence-corrected chi connectivity index (χ2v) is 9.78. The van der Waals surface area contributed by atoms with Crippen LogP contribution >= 0.6 is 11.6 Å². The number of aromatic nitrogens is 1. The van der Waals surface area contributed by atoms with Crippen molar-refractivity contribution in [3.05, 3.63) is 63.2 Å². The van der Waals surface area contributed by atoms with Crippen molar-refractivity contribution in [2.45, 2.75) is 50.1 Å². The molecule has 0 radical (unpaired) electrons. The summed E-state index contributed by atoms with van der Waals surface area (Å²) in [7, 11) is 0. The molecule has 1 unspecified atom stereocenters. The highest BCUT2D eigenvalue weighted by atomic mass is 35.5. The first-order chi connectivity index (χ1) is 18.1. The smallest absolute Gasteiger partial charge is 0.295 e. The van der Waals surface area contributed by atoms with E-state index in [-0.39, 0.29) is 41.7 Å². The van der Waals surface area contributed by atoms with Gasteiger partial charge in [0.2, 0.25) is 5.91 Å². The quantitative estimate of drug-likeness (QED) is 0.177. The number of nitrogens with one attached hydrogen (secondary N) is 2. The van der Waals surface area contributed by atoms with Crippen LogP contribution in [0.5, 0.6) is 0 Å². The molecule has 11 nitrogen and oxygen atoms in total. The van der Waals surface area contributed by atoms with Gasteiger partial charge >= 0.3 is 0 Å². The summed E-state index contributed by atoms with van der Waals surface area (Å²) in [4.78, 5) is 67.8. The SMILES string of the molecule is O=C(NC1(C(=O)NC2CCN(c3ccc(F)cc3[N+](=O)[O-])CC2=O)CCCCC1)C(=O)c1ccc(Cl)nc1. The van der Waals surface area contributed by atoms with E-state index in [0.29, 0.717) is 25.7 Å². The summed E-state index contributed by atoms with van der Waals surface area (Å²) < 4.78 is 13.5. The third-order valence-corrected chi connectivity index (χ3v) is 7.12. The van der Waals surface area contributed by atoms with E-state index in [1.807, 2.05) is 0 Å². The molecule has 0 spiro atoms. The highest BCUT2D eigenvalue weighted by molar-refractivity contribution is 6.43. The molecule has 2 N–H and O–H groups in total. The van der Waals surface area contributed by atoms with E-state index in [4.69, 9.17) is 11.6 Å². The topological polar surface area (TPSA) is 152 Å². The van der Waals surface area contributed by atoms with E-state index in [9.17, 15) is 33.7 Å². The van der Waals surface area contributed by atoms with Crippen molar-refractivity contribution in [3.63, 3.8) is 0 Å². The van der Waals surface area contributed by atoms with Gasteiger partial charge in [0.25, 0.3) is 17.4 Å². The largest absolute Gasteiger partial charge is 0.358 e. The molecule has 1 aromatic carbocycles. The van der Waals surface area contributed by atoms with Crippen molar-refractivity contribution >= 4 is 46.4 Å². The number of halogens is 2. The van der Waals surface area contributed by atoms with Gasteiger partial charge in [0, 0.05) is 18.3 Å². The zero-order chi connectivity index (χ0) is 27.4. The number of nitro benzene ring substituents is 1. The molecule has 0 bridgehead atoms. The van der Waals surface area contributed by atoms with Gasteiger partial charge in [0.1, 0.15) is 22.2 Å². The van der Waals surface area contributed by atoms with Crippen LogP contribution in [0.3, 0.4) is 0 Å². The Morgan fingerprint density at radius 1 is 1.16 bits per heavy atom. The van der Waals surface area contributed by atoms with Crippen molar-refractivity contribution < 1.29 is 28.5 Å². The van der Waals surface area contributed by atoms with Crippen LogP contribution in [0.25, 0.3) is 0 Å². The monoisotopic (exact) mass is 545 g/mol. The lowest BCUT2D eigenvalue weighted by molar-refractivity contribution is -0.384.